The first-order valence-electron chi connectivity index (χ1n) is 7.89. The molecule has 0 atom stereocenters. The van der Waals surface area contributed by atoms with Gasteiger partial charge in [0.05, 0.1) is 5.75 Å². The van der Waals surface area contributed by atoms with Crippen LogP contribution in [0.3, 0.4) is 0 Å². The number of hydrogen-bond donors (Lipinski definition) is 2. The molecule has 3 aromatic rings. The molecular weight excluding hydrogens is 404 g/mol. The summed E-state index contributed by atoms with van der Waals surface area (Å²) in [6, 6.07) is 14.2. The summed E-state index contributed by atoms with van der Waals surface area (Å²) in [5, 5.41) is 14.4. The highest BCUT2D eigenvalue weighted by Gasteiger charge is 2.12. The molecule has 0 aliphatic rings. The van der Waals surface area contributed by atoms with Gasteiger partial charge in [-0.05, 0) is 43.3 Å². The van der Waals surface area contributed by atoms with Crippen LogP contribution in [0.4, 0.5) is 10.8 Å². The van der Waals surface area contributed by atoms with Gasteiger partial charge < -0.3 is 5.32 Å². The lowest BCUT2D eigenvalue weighted by molar-refractivity contribution is -0.113. The zero-order valence-electron chi connectivity index (χ0n) is 14.2. The van der Waals surface area contributed by atoms with Crippen molar-refractivity contribution in [3.05, 3.63) is 64.7 Å². The normalized spacial score (nSPS) is 10.4. The Morgan fingerprint density at radius 2 is 1.89 bits per heavy atom. The van der Waals surface area contributed by atoms with Crippen molar-refractivity contribution in [2.75, 3.05) is 16.4 Å². The van der Waals surface area contributed by atoms with Gasteiger partial charge in [-0.1, -0.05) is 52.4 Å². The van der Waals surface area contributed by atoms with E-state index in [4.69, 9.17) is 11.6 Å². The second-order valence-electron chi connectivity index (χ2n) is 5.54. The van der Waals surface area contributed by atoms with Gasteiger partial charge in [0.1, 0.15) is 0 Å². The molecule has 0 fully saturated rings. The number of benzene rings is 2. The standard InChI is InChI=1S/C18H15ClN4O2S2/c1-11-3-2-4-12(9-11)16(25)21-17-22-23-18(27-17)26-10-15(24)20-14-7-5-13(19)6-8-14/h2-9H,10H2,1H3,(H,20,24)(H,21,22,25). The van der Waals surface area contributed by atoms with E-state index in [9.17, 15) is 9.59 Å². The van der Waals surface area contributed by atoms with E-state index in [-0.39, 0.29) is 17.6 Å². The Hall–Kier alpha value is -2.42. The van der Waals surface area contributed by atoms with Crippen LogP contribution >= 0.6 is 34.7 Å². The molecule has 27 heavy (non-hydrogen) atoms. The molecular formula is C18H15ClN4O2S2. The Bertz CT molecular complexity index is 960. The smallest absolute Gasteiger partial charge is 0.257 e. The van der Waals surface area contributed by atoms with Crippen LogP contribution in [0.1, 0.15) is 15.9 Å². The lowest BCUT2D eigenvalue weighted by Gasteiger charge is -2.03. The summed E-state index contributed by atoms with van der Waals surface area (Å²) in [6.07, 6.45) is 0. The third-order valence-electron chi connectivity index (χ3n) is 3.36. The number of aromatic nitrogens is 2. The lowest BCUT2D eigenvalue weighted by Crippen LogP contribution is -2.13. The van der Waals surface area contributed by atoms with E-state index in [1.807, 2.05) is 19.1 Å². The Balaban J connectivity index is 1.51. The summed E-state index contributed by atoms with van der Waals surface area (Å²) >= 11 is 8.29. The molecule has 0 spiro atoms. The van der Waals surface area contributed by atoms with E-state index in [1.54, 1.807) is 36.4 Å². The maximum Gasteiger partial charge on any atom is 0.257 e. The number of halogens is 1. The van der Waals surface area contributed by atoms with E-state index < -0.39 is 0 Å². The van der Waals surface area contributed by atoms with E-state index in [0.717, 1.165) is 5.56 Å². The van der Waals surface area contributed by atoms with Gasteiger partial charge in [0.15, 0.2) is 4.34 Å². The van der Waals surface area contributed by atoms with Gasteiger partial charge in [-0.25, -0.2) is 0 Å². The van der Waals surface area contributed by atoms with Gasteiger partial charge in [0, 0.05) is 16.3 Å². The van der Waals surface area contributed by atoms with Crippen molar-refractivity contribution in [1.29, 1.82) is 0 Å². The first kappa shape index (κ1) is 19.3. The lowest BCUT2D eigenvalue weighted by atomic mass is 10.1. The molecule has 3 rings (SSSR count). The highest BCUT2D eigenvalue weighted by atomic mass is 35.5. The van der Waals surface area contributed by atoms with Crippen LogP contribution < -0.4 is 10.6 Å². The first-order chi connectivity index (χ1) is 13.0. The molecule has 9 heteroatoms. The van der Waals surface area contributed by atoms with Crippen LogP contribution in [0.2, 0.25) is 5.02 Å². The minimum absolute atomic E-state index is 0.164. The number of carbonyl (C=O) groups is 2. The zero-order chi connectivity index (χ0) is 19.2. The van der Waals surface area contributed by atoms with Crippen LogP contribution in [0.5, 0.6) is 0 Å². The molecule has 6 nitrogen and oxygen atoms in total. The third-order valence-corrected chi connectivity index (χ3v) is 5.59. The second kappa shape index (κ2) is 8.98. The van der Waals surface area contributed by atoms with Crippen LogP contribution in [-0.2, 0) is 4.79 Å². The molecule has 2 amide bonds. The molecule has 1 heterocycles. The Morgan fingerprint density at radius 1 is 1.11 bits per heavy atom. The number of nitrogens with one attached hydrogen (secondary N) is 2. The average Bonchev–Trinajstić information content (AvgIpc) is 3.09. The fraction of sp³-hybridized carbons (Fsp3) is 0.111. The number of amides is 2. The minimum Gasteiger partial charge on any atom is -0.325 e. The fourth-order valence-electron chi connectivity index (χ4n) is 2.13. The largest absolute Gasteiger partial charge is 0.325 e. The highest BCUT2D eigenvalue weighted by molar-refractivity contribution is 8.01. The molecule has 0 radical (unpaired) electrons. The molecule has 2 N–H and O–H groups in total. The van der Waals surface area contributed by atoms with Crippen molar-refractivity contribution < 1.29 is 9.59 Å². The predicted octanol–water partition coefficient (Wildman–Crippen LogP) is 4.48. The van der Waals surface area contributed by atoms with Crippen molar-refractivity contribution >= 4 is 57.3 Å². The number of nitrogens with zero attached hydrogens (tertiary/aromatic N) is 2. The number of hydrogen-bond acceptors (Lipinski definition) is 6. The predicted molar refractivity (Wildman–Crippen MR) is 110 cm³/mol. The van der Waals surface area contributed by atoms with E-state index >= 15 is 0 Å². The molecule has 138 valence electrons. The number of carbonyl (C=O) groups excluding carboxylic acids is 2. The number of rotatable bonds is 6. The Kier molecular flexibility index (Phi) is 6.44. The molecule has 0 bridgehead atoms. The van der Waals surface area contributed by atoms with Crippen molar-refractivity contribution in [3.63, 3.8) is 0 Å². The minimum atomic E-state index is -0.244. The third kappa shape index (κ3) is 5.78. The van der Waals surface area contributed by atoms with Crippen LogP contribution in [0, 0.1) is 6.92 Å². The van der Waals surface area contributed by atoms with Crippen LogP contribution in [-0.4, -0.2) is 27.8 Å². The molecule has 0 unspecified atom stereocenters. The van der Waals surface area contributed by atoms with E-state index in [2.05, 4.69) is 20.8 Å². The second-order valence-corrected chi connectivity index (χ2v) is 8.18. The van der Waals surface area contributed by atoms with Gasteiger partial charge in [0.25, 0.3) is 5.91 Å². The maximum absolute atomic E-state index is 12.2. The Morgan fingerprint density at radius 3 is 2.63 bits per heavy atom. The van der Waals surface area contributed by atoms with Gasteiger partial charge in [0.2, 0.25) is 11.0 Å². The van der Waals surface area contributed by atoms with Crippen LogP contribution in [0.25, 0.3) is 0 Å². The zero-order valence-corrected chi connectivity index (χ0v) is 16.6. The van der Waals surface area contributed by atoms with Crippen molar-refractivity contribution in [1.82, 2.24) is 10.2 Å². The van der Waals surface area contributed by atoms with E-state index in [0.29, 0.717) is 25.7 Å². The Labute approximate surface area is 169 Å². The summed E-state index contributed by atoms with van der Waals surface area (Å²) < 4.78 is 0.598. The van der Waals surface area contributed by atoms with E-state index in [1.165, 1.54) is 23.1 Å². The molecule has 1 aromatic heterocycles. The van der Waals surface area contributed by atoms with Gasteiger partial charge in [-0.2, -0.15) is 0 Å². The summed E-state index contributed by atoms with van der Waals surface area (Å²) in [7, 11) is 0. The molecule has 0 saturated carbocycles. The monoisotopic (exact) mass is 418 g/mol. The summed E-state index contributed by atoms with van der Waals surface area (Å²) in [6.45, 7) is 1.92. The van der Waals surface area contributed by atoms with Crippen molar-refractivity contribution in [3.8, 4) is 0 Å². The molecule has 0 saturated heterocycles. The number of aryl methyl sites for hydroxylation is 1. The molecule has 0 aliphatic heterocycles. The topological polar surface area (TPSA) is 84.0 Å². The van der Waals surface area contributed by atoms with Gasteiger partial charge in [-0.3, -0.25) is 14.9 Å². The maximum atomic E-state index is 12.2. The van der Waals surface area contributed by atoms with Gasteiger partial charge >= 0.3 is 0 Å². The molecule has 2 aromatic carbocycles. The summed E-state index contributed by atoms with van der Waals surface area (Å²) in [5.41, 5.74) is 2.23. The summed E-state index contributed by atoms with van der Waals surface area (Å²) in [5.74, 6) is -0.224. The van der Waals surface area contributed by atoms with Crippen LogP contribution in [0.15, 0.2) is 52.9 Å². The number of thioether (sulfide) groups is 1. The SMILES string of the molecule is Cc1cccc(C(=O)Nc2nnc(SCC(=O)Nc3ccc(Cl)cc3)s2)c1. The van der Waals surface area contributed by atoms with Crippen molar-refractivity contribution in [2.24, 2.45) is 0 Å². The average molecular weight is 419 g/mol. The summed E-state index contributed by atoms with van der Waals surface area (Å²) in [4.78, 5) is 24.2. The number of anilines is 2. The first-order valence-corrected chi connectivity index (χ1v) is 10.1. The highest BCUT2D eigenvalue weighted by Crippen LogP contribution is 2.26. The molecule has 0 aliphatic carbocycles. The fourth-order valence-corrected chi connectivity index (χ4v) is 3.80. The quantitative estimate of drug-likeness (QED) is 0.455. The van der Waals surface area contributed by atoms with Crippen molar-refractivity contribution in [2.45, 2.75) is 11.3 Å². The van der Waals surface area contributed by atoms with Gasteiger partial charge in [-0.15, -0.1) is 10.2 Å².